The molecule has 5 nitrogen and oxygen atoms in total. The van der Waals surface area contributed by atoms with Gasteiger partial charge in [-0.05, 0) is 74.2 Å². The number of ether oxygens (including phenoxy) is 1. The Kier molecular flexibility index (Phi) is 2.36. The molecule has 0 aromatic heterocycles. The molecular formula is C32H73NO4. The maximum atomic E-state index is 14.6. The summed E-state index contributed by atoms with van der Waals surface area (Å²) in [5.41, 5.74) is -2.50. The number of carbonyl (C=O) groups excluding carboxylic acids is 3. The first-order valence-corrected chi connectivity index (χ1v) is 14.3. The minimum absolute atomic E-state index is 0.0233. The van der Waals surface area contributed by atoms with Crippen molar-refractivity contribution in [2.75, 3.05) is 0 Å². The molecule has 1 spiro atoms. The van der Waals surface area contributed by atoms with Crippen molar-refractivity contribution in [2.24, 2.45) is 44.3 Å². The number of hydrogen-bond donors (Lipinski definition) is 0. The van der Waals surface area contributed by atoms with Gasteiger partial charge in [-0.1, -0.05) is 60.1 Å². The Bertz CT molecular complexity index is 1340. The normalized spacial score (nSPS) is 54.9. The van der Waals surface area contributed by atoms with Crippen LogP contribution in [-0.4, -0.2) is 23.1 Å². The van der Waals surface area contributed by atoms with Crippen molar-refractivity contribution in [2.45, 2.75) is 105 Å². The fraction of sp³-hybridized carbons (Fsp3) is 0.750. The van der Waals surface area contributed by atoms with Crippen molar-refractivity contribution in [1.29, 1.82) is 0 Å². The molecule has 1 heterocycles. The molecule has 230 valence electrons. The standard InChI is InChI=1S/C32H41NO4.16H2/c1-9-27(4)20-10-11-29(6)21(28(20,5)17-19(33-8)24(27)35)16-23(34)32-22-18-26(2,3)12-14-31(22,25(36)37-32)15-13-30(29,32)7;;;;;;;;;;;;;;;;/h16-17,20,22H,9-15,18H2,1-7H3;16*1H/t20-,22+,27-,28-,29+,30-,31-,32+;;;;;;;;;;;;;;;;/m0................/s1/i;16*1+2T. The van der Waals surface area contributed by atoms with E-state index in [-0.39, 0.29) is 45.9 Å². The summed E-state index contributed by atoms with van der Waals surface area (Å²) in [6, 6.07) is 0. The van der Waals surface area contributed by atoms with Gasteiger partial charge in [0.25, 0.3) is 0 Å². The Morgan fingerprint density at radius 3 is 2.35 bits per heavy atom. The van der Waals surface area contributed by atoms with Gasteiger partial charge in [-0.25, -0.2) is 4.85 Å². The molecule has 0 radical (unpaired) electrons. The molecule has 37 heavy (non-hydrogen) atoms. The van der Waals surface area contributed by atoms with Gasteiger partial charge in [0.15, 0.2) is 17.2 Å². The summed E-state index contributed by atoms with van der Waals surface area (Å²) in [4.78, 5) is 45.4. The highest BCUT2D eigenvalue weighted by Gasteiger charge is 2.82. The van der Waals surface area contributed by atoms with Crippen molar-refractivity contribution in [3.05, 3.63) is 34.8 Å². The molecule has 0 aromatic rings. The van der Waals surface area contributed by atoms with Gasteiger partial charge in [0.2, 0.25) is 5.70 Å². The average molecular weight is 600 g/mol. The first-order chi connectivity index (χ1) is 33.1. The molecule has 1 saturated heterocycles. The molecule has 5 aliphatic carbocycles. The average Bonchev–Trinajstić information content (AvgIpc) is 3.64. The molecule has 2 bridgehead atoms. The third-order valence-corrected chi connectivity index (χ3v) is 13.2. The molecule has 6 rings (SSSR count). The third kappa shape index (κ3) is 2.46. The van der Waals surface area contributed by atoms with Crippen LogP contribution in [0.3, 0.4) is 0 Å². The molecule has 0 unspecified atom stereocenters. The van der Waals surface area contributed by atoms with Crippen molar-refractivity contribution < 1.29 is 66.6 Å². The van der Waals surface area contributed by atoms with Crippen molar-refractivity contribution in [3.63, 3.8) is 0 Å². The number of Topliss-reactive ketones (excluding diaryl/α,β-unsaturated/α-hetero) is 1. The van der Waals surface area contributed by atoms with Gasteiger partial charge in [-0.2, -0.15) is 0 Å². The first-order valence-electron chi connectivity index (χ1n) is 30.3. The quantitative estimate of drug-likeness (QED) is 0.222. The minimum Gasteiger partial charge on any atom is -0.449 e. The molecule has 0 N–H and O–H groups in total. The van der Waals surface area contributed by atoms with Crippen LogP contribution in [0.15, 0.2) is 23.4 Å². The number of esters is 1. The Hall–Kier alpha value is -2.22. The topological polar surface area (TPSA) is 64.8 Å². The van der Waals surface area contributed by atoms with E-state index in [1.807, 2.05) is 26.0 Å². The van der Waals surface area contributed by atoms with Crippen molar-refractivity contribution in [1.82, 2.24) is 0 Å². The fourth-order valence-electron chi connectivity index (χ4n) is 10.6. The summed E-state index contributed by atoms with van der Waals surface area (Å²) in [5, 5.41) is 0. The first kappa shape index (κ1) is 12.8. The van der Waals surface area contributed by atoms with Crippen LogP contribution < -0.4 is 0 Å². The second kappa shape index (κ2) is 6.85. The van der Waals surface area contributed by atoms with Gasteiger partial charge >= 0.3 is 5.97 Å². The van der Waals surface area contributed by atoms with Crippen LogP contribution in [0.1, 0.15) is 147 Å². The molecule has 1 aliphatic heterocycles. The van der Waals surface area contributed by atoms with E-state index in [1.54, 1.807) is 0 Å². The van der Waals surface area contributed by atoms with E-state index >= 15 is 0 Å². The van der Waals surface area contributed by atoms with Crippen molar-refractivity contribution >= 4 is 17.5 Å². The van der Waals surface area contributed by atoms with E-state index < -0.39 is 27.3 Å². The SMILES string of the molecule is [3H][3H].[3H][3H].[3H][3H].[3H][3H].[3H][3H].[3H][3H].[3H][3H].[3H][3H].[3H][3H].[3H][3H].[3H][3H].[3H][3H].[3H][3H].[3H][3H].[3H][3H].[3H][3H].[C-]#[N+]C1=C[C@]2(C)C3=CC(=O)[C@]45OC(=O)[C@@]6(CCC(C)(C)C[C@H]64)CC[C@@]5(C)[C@]3(C)CC[C@H]2[C@](C)(CC)C1=O. The predicted molar refractivity (Wildman–Crippen MR) is 174 cm³/mol. The van der Waals surface area contributed by atoms with Crippen molar-refractivity contribution in [3.8, 4) is 0 Å². The lowest BCUT2D eigenvalue weighted by atomic mass is 9.33. The van der Waals surface area contributed by atoms with Gasteiger partial charge in [-0.15, -0.1) is 0 Å². The van der Waals surface area contributed by atoms with Gasteiger partial charge in [0.05, 0.1) is 12.0 Å². The smallest absolute Gasteiger partial charge is 0.313 e. The van der Waals surface area contributed by atoms with E-state index in [1.165, 1.54) is 0 Å². The largest absolute Gasteiger partial charge is 0.449 e. The third-order valence-electron chi connectivity index (χ3n) is 13.2. The number of nitrogens with zero attached hydrogens (tertiary/aromatic N) is 1. The molecule has 6 aliphatic rings. The lowest BCUT2D eigenvalue weighted by Crippen LogP contribution is -2.71. The van der Waals surface area contributed by atoms with E-state index in [4.69, 9.17) is 58.8 Å². The Labute approximate surface area is 270 Å². The second-order valence-corrected chi connectivity index (χ2v) is 14.9. The van der Waals surface area contributed by atoms with Gasteiger partial charge < -0.3 is 9.53 Å². The maximum absolute atomic E-state index is 14.6. The summed E-state index contributed by atoms with van der Waals surface area (Å²) in [6.07, 6.45) is 10.2. The van der Waals surface area contributed by atoms with E-state index in [0.29, 0.717) is 6.42 Å². The minimum atomic E-state index is -1.13. The molecule has 5 heteroatoms. The van der Waals surface area contributed by atoms with Gasteiger partial charge in [-0.3, -0.25) is 9.59 Å². The highest BCUT2D eigenvalue weighted by Crippen LogP contribution is 2.78. The molecule has 0 aromatic carbocycles. The zero-order chi connectivity index (χ0) is 59.0. The van der Waals surface area contributed by atoms with Crippen LogP contribution in [0.2, 0.25) is 0 Å². The van der Waals surface area contributed by atoms with Crippen LogP contribution in [0, 0.1) is 50.9 Å². The summed E-state index contributed by atoms with van der Waals surface area (Å²) in [6.45, 7) is 23.0. The maximum Gasteiger partial charge on any atom is 0.313 e. The summed E-state index contributed by atoms with van der Waals surface area (Å²) >= 11 is 0. The highest BCUT2D eigenvalue weighted by atomic mass is 16.6. The fourth-order valence-corrected chi connectivity index (χ4v) is 10.6. The Balaban J connectivity index is -0.0000001000. The number of allylic oxidation sites excluding steroid dienone is 3. The number of rotatable bonds is 1. The molecule has 3 saturated carbocycles. The van der Waals surface area contributed by atoms with Crippen LogP contribution in [-0.2, 0) is 19.1 Å². The predicted octanol–water partition coefficient (Wildman–Crippen LogP) is 10.6. The summed E-state index contributed by atoms with van der Waals surface area (Å²) in [5.74, 6) is -0.351. The monoisotopic (exact) mass is 600 g/mol. The van der Waals surface area contributed by atoms with E-state index in [2.05, 4.69) is 39.5 Å². The zero-order valence-corrected chi connectivity index (χ0v) is 23.5. The number of hydrogen-bond acceptors (Lipinski definition) is 4. The Morgan fingerprint density at radius 2 is 1.70 bits per heavy atom. The summed E-state index contributed by atoms with van der Waals surface area (Å²) < 4.78 is 166. The molecule has 0 amide bonds. The lowest BCUT2D eigenvalue weighted by molar-refractivity contribution is -0.206. The number of carbonyl (C=O) groups is 3. The van der Waals surface area contributed by atoms with Gasteiger partial charge in [0, 0.05) is 69.7 Å². The Morgan fingerprint density at radius 1 is 1.03 bits per heavy atom. The van der Waals surface area contributed by atoms with Crippen LogP contribution in [0.5, 0.6) is 0 Å². The second-order valence-electron chi connectivity index (χ2n) is 14.9. The van der Waals surface area contributed by atoms with Crippen LogP contribution >= 0.6 is 0 Å². The highest BCUT2D eigenvalue weighted by molar-refractivity contribution is 6.06. The summed E-state index contributed by atoms with van der Waals surface area (Å²) in [7, 11) is 0. The lowest BCUT2D eigenvalue weighted by Gasteiger charge is -2.69. The van der Waals surface area contributed by atoms with E-state index in [9.17, 15) is 14.4 Å². The van der Waals surface area contributed by atoms with E-state index in [0.717, 1.165) is 50.5 Å². The van der Waals surface area contributed by atoms with Crippen LogP contribution in [0.4, 0.5) is 0 Å². The number of ketones is 2. The molecule has 4 fully saturated rings. The van der Waals surface area contributed by atoms with Gasteiger partial charge in [0.1, 0.15) is 0 Å². The number of fused-ring (bicyclic) bond motifs is 4. The zero-order valence-electron chi connectivity index (χ0n) is 55.5. The van der Waals surface area contributed by atoms with Crippen LogP contribution in [0.25, 0.3) is 4.85 Å². The molecule has 8 atom stereocenters. The molecular weight excluding hydrogens is 462 g/mol.